The molecule has 2 rings (SSSR count). The molecule has 0 atom stereocenters. The minimum Gasteiger partial charge on any atom is -0.406 e. The summed E-state index contributed by atoms with van der Waals surface area (Å²) in [6.07, 6.45) is -3.43. The van der Waals surface area contributed by atoms with Gasteiger partial charge in [0.25, 0.3) is 0 Å². The lowest BCUT2D eigenvalue weighted by Gasteiger charge is -2.16. The number of carbonyl (C=O) groups excluding carboxylic acids is 1. The Morgan fingerprint density at radius 3 is 2.29 bits per heavy atom. The summed E-state index contributed by atoms with van der Waals surface area (Å²) in [6, 6.07) is 5.30. The summed E-state index contributed by atoms with van der Waals surface area (Å²) < 4.78 is 39.5. The maximum Gasteiger partial charge on any atom is 0.573 e. The summed E-state index contributed by atoms with van der Waals surface area (Å²) in [6.45, 7) is 0.609. The van der Waals surface area contributed by atoms with Crippen molar-refractivity contribution in [1.82, 2.24) is 0 Å². The molecule has 0 aliphatic carbocycles. The number of hydrogen-bond donors (Lipinski definition) is 0. The zero-order chi connectivity index (χ0) is 12.5. The molecule has 1 aliphatic rings. The van der Waals surface area contributed by atoms with Crippen LogP contribution < -0.4 is 9.64 Å². The van der Waals surface area contributed by atoms with Gasteiger partial charge < -0.3 is 9.64 Å². The number of carbonyl (C=O) groups is 1. The summed E-state index contributed by atoms with van der Waals surface area (Å²) in [7, 11) is 0. The van der Waals surface area contributed by atoms with Gasteiger partial charge in [-0.25, -0.2) is 0 Å². The van der Waals surface area contributed by atoms with Gasteiger partial charge in [-0.1, -0.05) is 0 Å². The fourth-order valence-corrected chi connectivity index (χ4v) is 1.75. The highest BCUT2D eigenvalue weighted by atomic mass is 19.4. The number of halogens is 3. The lowest BCUT2D eigenvalue weighted by atomic mass is 10.3. The van der Waals surface area contributed by atoms with Crippen molar-refractivity contribution in [3.05, 3.63) is 24.3 Å². The fraction of sp³-hybridized carbons (Fsp3) is 0.364. The van der Waals surface area contributed by atoms with Crippen molar-refractivity contribution in [2.24, 2.45) is 0 Å². The molecule has 0 bridgehead atoms. The van der Waals surface area contributed by atoms with Crippen LogP contribution in [0.1, 0.15) is 12.8 Å². The maximum atomic E-state index is 11.9. The SMILES string of the molecule is O=C1CCCN1c1ccc(OC(F)(F)F)cc1. The number of benzene rings is 1. The lowest BCUT2D eigenvalue weighted by molar-refractivity contribution is -0.274. The van der Waals surface area contributed by atoms with Gasteiger partial charge in [-0.2, -0.15) is 0 Å². The van der Waals surface area contributed by atoms with E-state index in [0.29, 0.717) is 18.7 Å². The molecule has 0 spiro atoms. The van der Waals surface area contributed by atoms with Crippen LogP contribution in [-0.2, 0) is 4.79 Å². The molecule has 17 heavy (non-hydrogen) atoms. The summed E-state index contributed by atoms with van der Waals surface area (Å²) in [5.74, 6) is -0.289. The highest BCUT2D eigenvalue weighted by Crippen LogP contribution is 2.27. The molecule has 1 heterocycles. The Labute approximate surface area is 95.8 Å². The van der Waals surface area contributed by atoms with Crippen molar-refractivity contribution in [2.45, 2.75) is 19.2 Å². The number of anilines is 1. The summed E-state index contributed by atoms with van der Waals surface area (Å²) >= 11 is 0. The van der Waals surface area contributed by atoms with Gasteiger partial charge in [0.1, 0.15) is 5.75 Å². The van der Waals surface area contributed by atoms with Gasteiger partial charge in [0, 0.05) is 18.7 Å². The van der Waals surface area contributed by atoms with E-state index in [1.54, 1.807) is 4.90 Å². The van der Waals surface area contributed by atoms with Crippen molar-refractivity contribution >= 4 is 11.6 Å². The van der Waals surface area contributed by atoms with Gasteiger partial charge in [0.05, 0.1) is 0 Å². The first-order chi connectivity index (χ1) is 7.96. The predicted molar refractivity (Wildman–Crippen MR) is 54.7 cm³/mol. The minimum atomic E-state index is -4.69. The molecule has 92 valence electrons. The third-order valence-electron chi connectivity index (χ3n) is 2.46. The number of ether oxygens (including phenoxy) is 1. The average molecular weight is 245 g/mol. The molecule has 1 aliphatic heterocycles. The number of amides is 1. The molecule has 1 aromatic carbocycles. The highest BCUT2D eigenvalue weighted by molar-refractivity contribution is 5.95. The van der Waals surface area contributed by atoms with Crippen LogP contribution in [0.15, 0.2) is 24.3 Å². The number of nitrogens with zero attached hydrogens (tertiary/aromatic N) is 1. The quantitative estimate of drug-likeness (QED) is 0.801. The molecule has 0 radical (unpaired) electrons. The van der Waals surface area contributed by atoms with Crippen LogP contribution in [-0.4, -0.2) is 18.8 Å². The molecule has 1 fully saturated rings. The molecule has 1 amide bonds. The molecular weight excluding hydrogens is 235 g/mol. The second-order valence-corrected chi connectivity index (χ2v) is 3.69. The van der Waals surface area contributed by atoms with E-state index >= 15 is 0 Å². The Bertz CT molecular complexity index is 414. The number of alkyl halides is 3. The van der Waals surface area contributed by atoms with E-state index in [9.17, 15) is 18.0 Å². The summed E-state index contributed by atoms with van der Waals surface area (Å²) in [5.41, 5.74) is 0.599. The first-order valence-electron chi connectivity index (χ1n) is 5.12. The Kier molecular flexibility index (Phi) is 2.95. The van der Waals surface area contributed by atoms with Crippen LogP contribution in [0.3, 0.4) is 0 Å². The first kappa shape index (κ1) is 11.8. The van der Waals surface area contributed by atoms with Gasteiger partial charge in [0.2, 0.25) is 5.91 Å². The van der Waals surface area contributed by atoms with Crippen molar-refractivity contribution in [3.8, 4) is 5.75 Å². The molecule has 1 saturated heterocycles. The lowest BCUT2D eigenvalue weighted by Crippen LogP contribution is -2.23. The predicted octanol–water partition coefficient (Wildman–Crippen LogP) is 2.71. The van der Waals surface area contributed by atoms with E-state index < -0.39 is 6.36 Å². The topological polar surface area (TPSA) is 29.5 Å². The fourth-order valence-electron chi connectivity index (χ4n) is 1.75. The Morgan fingerprint density at radius 1 is 1.18 bits per heavy atom. The summed E-state index contributed by atoms with van der Waals surface area (Å²) in [5, 5.41) is 0. The van der Waals surface area contributed by atoms with Crippen LogP contribution in [0, 0.1) is 0 Å². The van der Waals surface area contributed by atoms with Gasteiger partial charge in [-0.3, -0.25) is 4.79 Å². The van der Waals surface area contributed by atoms with E-state index in [-0.39, 0.29) is 11.7 Å². The number of rotatable bonds is 2. The zero-order valence-corrected chi connectivity index (χ0v) is 8.83. The largest absolute Gasteiger partial charge is 0.573 e. The Hall–Kier alpha value is -1.72. The Balaban J connectivity index is 2.10. The van der Waals surface area contributed by atoms with Crippen molar-refractivity contribution < 1.29 is 22.7 Å². The van der Waals surface area contributed by atoms with Crippen LogP contribution in [0.4, 0.5) is 18.9 Å². The molecule has 0 N–H and O–H groups in total. The molecule has 0 aromatic heterocycles. The first-order valence-corrected chi connectivity index (χ1v) is 5.12. The zero-order valence-electron chi connectivity index (χ0n) is 8.83. The smallest absolute Gasteiger partial charge is 0.406 e. The third-order valence-corrected chi connectivity index (χ3v) is 2.46. The monoisotopic (exact) mass is 245 g/mol. The maximum absolute atomic E-state index is 11.9. The van der Waals surface area contributed by atoms with E-state index in [1.165, 1.54) is 24.3 Å². The molecule has 0 unspecified atom stereocenters. The van der Waals surface area contributed by atoms with E-state index in [2.05, 4.69) is 4.74 Å². The molecular formula is C11H10F3NO2. The van der Waals surface area contributed by atoms with Gasteiger partial charge >= 0.3 is 6.36 Å². The minimum absolute atomic E-state index is 0.00510. The van der Waals surface area contributed by atoms with Crippen molar-refractivity contribution in [1.29, 1.82) is 0 Å². The molecule has 3 nitrogen and oxygen atoms in total. The van der Waals surface area contributed by atoms with Crippen LogP contribution in [0.5, 0.6) is 5.75 Å². The van der Waals surface area contributed by atoms with Crippen molar-refractivity contribution in [3.63, 3.8) is 0 Å². The van der Waals surface area contributed by atoms with E-state index in [0.717, 1.165) is 6.42 Å². The normalized spacial score (nSPS) is 16.4. The third kappa shape index (κ3) is 2.89. The average Bonchev–Trinajstić information content (AvgIpc) is 2.63. The second kappa shape index (κ2) is 4.27. The van der Waals surface area contributed by atoms with E-state index in [4.69, 9.17) is 0 Å². The second-order valence-electron chi connectivity index (χ2n) is 3.69. The standard InChI is InChI=1S/C11H10F3NO2/c12-11(13,14)17-9-5-3-8(4-6-9)15-7-1-2-10(15)16/h3-6H,1-2,7H2. The molecule has 1 aromatic rings. The Morgan fingerprint density at radius 2 is 1.82 bits per heavy atom. The molecule has 6 heteroatoms. The van der Waals surface area contributed by atoms with Crippen molar-refractivity contribution in [2.75, 3.05) is 11.4 Å². The van der Waals surface area contributed by atoms with E-state index in [1.807, 2.05) is 0 Å². The van der Waals surface area contributed by atoms with Crippen LogP contribution >= 0.6 is 0 Å². The van der Waals surface area contributed by atoms with Crippen LogP contribution in [0.2, 0.25) is 0 Å². The van der Waals surface area contributed by atoms with Gasteiger partial charge in [0.15, 0.2) is 0 Å². The van der Waals surface area contributed by atoms with Gasteiger partial charge in [-0.15, -0.1) is 13.2 Å². The number of hydrogen-bond acceptors (Lipinski definition) is 2. The van der Waals surface area contributed by atoms with Gasteiger partial charge in [-0.05, 0) is 30.7 Å². The molecule has 0 saturated carbocycles. The highest BCUT2D eigenvalue weighted by Gasteiger charge is 2.31. The van der Waals surface area contributed by atoms with Crippen LogP contribution in [0.25, 0.3) is 0 Å². The summed E-state index contributed by atoms with van der Waals surface area (Å²) in [4.78, 5) is 13.0.